The maximum Gasteiger partial charge on any atom is 0.254 e. The van der Waals surface area contributed by atoms with Crippen LogP contribution in [0, 0.1) is 6.92 Å². The van der Waals surface area contributed by atoms with E-state index >= 15 is 0 Å². The molecule has 1 unspecified atom stereocenters. The lowest BCUT2D eigenvalue weighted by Gasteiger charge is -2.16. The molecule has 2 aromatic rings. The summed E-state index contributed by atoms with van der Waals surface area (Å²) in [6.07, 6.45) is 3.75. The van der Waals surface area contributed by atoms with Gasteiger partial charge in [-0.3, -0.25) is 9.59 Å². The van der Waals surface area contributed by atoms with Crippen molar-refractivity contribution in [2.75, 3.05) is 5.32 Å². The quantitative estimate of drug-likeness (QED) is 0.661. The number of amides is 1. The van der Waals surface area contributed by atoms with Crippen LogP contribution in [0.4, 0.5) is 5.69 Å². The van der Waals surface area contributed by atoms with E-state index in [0.29, 0.717) is 5.16 Å². The molecule has 0 bridgehead atoms. The SMILES string of the molecule is Cc1ccc(NC(=O)C(C)Sc2nc3c(c(=O)[nH]2)CCCC3)cc1. The minimum Gasteiger partial charge on any atom is -0.325 e. The summed E-state index contributed by atoms with van der Waals surface area (Å²) in [5.74, 6) is -0.107. The van der Waals surface area contributed by atoms with Crippen molar-refractivity contribution in [1.29, 1.82) is 0 Å². The fourth-order valence-corrected chi connectivity index (χ4v) is 3.55. The number of nitrogens with zero attached hydrogens (tertiary/aromatic N) is 1. The van der Waals surface area contributed by atoms with E-state index in [-0.39, 0.29) is 16.7 Å². The summed E-state index contributed by atoms with van der Waals surface area (Å²) >= 11 is 1.28. The van der Waals surface area contributed by atoms with E-state index in [1.54, 1.807) is 0 Å². The molecule has 1 heterocycles. The Morgan fingerprint density at radius 2 is 1.96 bits per heavy atom. The zero-order valence-electron chi connectivity index (χ0n) is 13.9. The highest BCUT2D eigenvalue weighted by molar-refractivity contribution is 8.00. The number of hydrogen-bond acceptors (Lipinski definition) is 4. The Labute approximate surface area is 145 Å². The average Bonchev–Trinajstić information content (AvgIpc) is 2.57. The monoisotopic (exact) mass is 343 g/mol. The molecular formula is C18H21N3O2S. The number of carbonyl (C=O) groups excluding carboxylic acids is 1. The number of fused-ring (bicyclic) bond motifs is 1. The van der Waals surface area contributed by atoms with Crippen molar-refractivity contribution < 1.29 is 4.79 Å². The van der Waals surface area contributed by atoms with E-state index in [0.717, 1.165) is 48.2 Å². The second kappa shape index (κ2) is 7.21. The van der Waals surface area contributed by atoms with Crippen LogP contribution >= 0.6 is 11.8 Å². The topological polar surface area (TPSA) is 74.8 Å². The van der Waals surface area contributed by atoms with Gasteiger partial charge in [0.2, 0.25) is 5.91 Å². The van der Waals surface area contributed by atoms with Gasteiger partial charge in [0.05, 0.1) is 10.9 Å². The van der Waals surface area contributed by atoms with Gasteiger partial charge in [-0.1, -0.05) is 29.5 Å². The molecule has 1 aromatic heterocycles. The first kappa shape index (κ1) is 16.8. The summed E-state index contributed by atoms with van der Waals surface area (Å²) in [7, 11) is 0. The minimum absolute atomic E-state index is 0.0617. The number of anilines is 1. The Balaban J connectivity index is 1.69. The van der Waals surface area contributed by atoms with Crippen molar-refractivity contribution in [2.24, 2.45) is 0 Å². The van der Waals surface area contributed by atoms with Gasteiger partial charge in [0, 0.05) is 11.3 Å². The number of aryl methyl sites for hydroxylation is 2. The van der Waals surface area contributed by atoms with Crippen molar-refractivity contribution in [3.63, 3.8) is 0 Å². The lowest BCUT2D eigenvalue weighted by atomic mass is 9.97. The van der Waals surface area contributed by atoms with Gasteiger partial charge < -0.3 is 10.3 Å². The van der Waals surface area contributed by atoms with E-state index in [1.807, 2.05) is 38.1 Å². The molecular weight excluding hydrogens is 322 g/mol. The number of hydrogen-bond donors (Lipinski definition) is 2. The lowest BCUT2D eigenvalue weighted by molar-refractivity contribution is -0.115. The summed E-state index contributed by atoms with van der Waals surface area (Å²) in [5, 5.41) is 3.06. The van der Waals surface area contributed by atoms with Gasteiger partial charge in [0.15, 0.2) is 5.16 Å². The molecule has 24 heavy (non-hydrogen) atoms. The third-order valence-electron chi connectivity index (χ3n) is 4.15. The van der Waals surface area contributed by atoms with Gasteiger partial charge in [-0.05, 0) is 51.7 Å². The minimum atomic E-state index is -0.351. The first-order chi connectivity index (χ1) is 11.5. The van der Waals surface area contributed by atoms with Gasteiger partial charge in [0.1, 0.15) is 0 Å². The molecule has 1 amide bonds. The zero-order chi connectivity index (χ0) is 17.1. The molecule has 0 fully saturated rings. The zero-order valence-corrected chi connectivity index (χ0v) is 14.7. The molecule has 0 aliphatic heterocycles. The normalized spacial score (nSPS) is 14.8. The summed E-state index contributed by atoms with van der Waals surface area (Å²) < 4.78 is 0. The van der Waals surface area contributed by atoms with Crippen LogP contribution in [0.2, 0.25) is 0 Å². The van der Waals surface area contributed by atoms with Gasteiger partial charge in [-0.2, -0.15) is 0 Å². The Bertz CT molecular complexity index is 799. The Morgan fingerprint density at radius 1 is 1.25 bits per heavy atom. The molecule has 1 aliphatic carbocycles. The standard InChI is InChI=1S/C18H21N3O2S/c1-11-7-9-13(10-8-11)19-16(22)12(2)24-18-20-15-6-4-3-5-14(15)17(23)21-18/h7-10,12H,3-6H2,1-2H3,(H,19,22)(H,20,21,23). The van der Waals surface area contributed by atoms with E-state index in [1.165, 1.54) is 11.8 Å². The molecule has 0 saturated heterocycles. The Morgan fingerprint density at radius 3 is 2.71 bits per heavy atom. The van der Waals surface area contributed by atoms with Crippen molar-refractivity contribution in [1.82, 2.24) is 9.97 Å². The molecule has 0 saturated carbocycles. The van der Waals surface area contributed by atoms with E-state index in [2.05, 4.69) is 15.3 Å². The summed E-state index contributed by atoms with van der Waals surface area (Å²) in [6.45, 7) is 3.82. The van der Waals surface area contributed by atoms with E-state index < -0.39 is 0 Å². The Hall–Kier alpha value is -2.08. The predicted octanol–water partition coefficient (Wildman–Crippen LogP) is 3.08. The lowest BCUT2D eigenvalue weighted by Crippen LogP contribution is -2.25. The molecule has 1 aromatic carbocycles. The summed E-state index contributed by atoms with van der Waals surface area (Å²) in [5.41, 5.74) is 3.55. The first-order valence-electron chi connectivity index (χ1n) is 8.19. The maximum absolute atomic E-state index is 12.3. The molecule has 1 aliphatic rings. The number of thioether (sulfide) groups is 1. The number of aromatic amines is 1. The van der Waals surface area contributed by atoms with Gasteiger partial charge in [0.25, 0.3) is 5.56 Å². The highest BCUT2D eigenvalue weighted by Gasteiger charge is 2.19. The largest absolute Gasteiger partial charge is 0.325 e. The number of carbonyl (C=O) groups is 1. The molecule has 6 heteroatoms. The van der Waals surface area contributed by atoms with Crippen LogP contribution < -0.4 is 10.9 Å². The van der Waals surface area contributed by atoms with E-state index in [4.69, 9.17) is 0 Å². The number of rotatable bonds is 4. The van der Waals surface area contributed by atoms with Crippen LogP contribution in [0.3, 0.4) is 0 Å². The number of H-pyrrole nitrogens is 1. The number of benzene rings is 1. The first-order valence-corrected chi connectivity index (χ1v) is 9.07. The van der Waals surface area contributed by atoms with Crippen LogP contribution in [0.15, 0.2) is 34.2 Å². The summed E-state index contributed by atoms with van der Waals surface area (Å²) in [6, 6.07) is 7.67. The smallest absolute Gasteiger partial charge is 0.254 e. The van der Waals surface area contributed by atoms with Crippen molar-refractivity contribution in [2.45, 2.75) is 49.9 Å². The summed E-state index contributed by atoms with van der Waals surface area (Å²) in [4.78, 5) is 31.8. The Kier molecular flexibility index (Phi) is 5.04. The van der Waals surface area contributed by atoms with Crippen molar-refractivity contribution in [3.05, 3.63) is 51.4 Å². The third-order valence-corrected chi connectivity index (χ3v) is 5.13. The molecule has 126 valence electrons. The second-order valence-electron chi connectivity index (χ2n) is 6.12. The van der Waals surface area contributed by atoms with Crippen molar-refractivity contribution >= 4 is 23.4 Å². The van der Waals surface area contributed by atoms with Gasteiger partial charge >= 0.3 is 0 Å². The van der Waals surface area contributed by atoms with Crippen LogP contribution in [-0.4, -0.2) is 21.1 Å². The molecule has 0 spiro atoms. The molecule has 2 N–H and O–H groups in total. The molecule has 0 radical (unpaired) electrons. The van der Waals surface area contributed by atoms with Crippen molar-refractivity contribution in [3.8, 4) is 0 Å². The second-order valence-corrected chi connectivity index (χ2v) is 7.45. The van der Waals surface area contributed by atoms with E-state index in [9.17, 15) is 9.59 Å². The van der Waals surface area contributed by atoms with Crippen LogP contribution in [0.5, 0.6) is 0 Å². The fraction of sp³-hybridized carbons (Fsp3) is 0.389. The third kappa shape index (κ3) is 3.87. The van der Waals surface area contributed by atoms with Crippen LogP contribution in [0.1, 0.15) is 36.6 Å². The van der Waals surface area contributed by atoms with Crippen LogP contribution in [0.25, 0.3) is 0 Å². The molecule has 1 atom stereocenters. The predicted molar refractivity (Wildman–Crippen MR) is 96.6 cm³/mol. The van der Waals surface area contributed by atoms with Gasteiger partial charge in [-0.25, -0.2) is 4.98 Å². The van der Waals surface area contributed by atoms with Gasteiger partial charge in [-0.15, -0.1) is 0 Å². The maximum atomic E-state index is 12.3. The number of aromatic nitrogens is 2. The van der Waals surface area contributed by atoms with Crippen LogP contribution in [-0.2, 0) is 17.6 Å². The molecule has 3 rings (SSSR count). The average molecular weight is 343 g/mol. The number of nitrogens with one attached hydrogen (secondary N) is 2. The molecule has 5 nitrogen and oxygen atoms in total. The fourth-order valence-electron chi connectivity index (χ4n) is 2.74. The highest BCUT2D eigenvalue weighted by Crippen LogP contribution is 2.23. The highest BCUT2D eigenvalue weighted by atomic mass is 32.2.